The second kappa shape index (κ2) is 10.7. The summed E-state index contributed by atoms with van der Waals surface area (Å²) in [6.07, 6.45) is 19.9. The van der Waals surface area contributed by atoms with E-state index < -0.39 is 0 Å². The summed E-state index contributed by atoms with van der Waals surface area (Å²) in [5.74, 6) is 5.67. The number of hydrogen-bond donors (Lipinski definition) is 0. The molecule has 5 heteroatoms. The minimum Gasteiger partial charge on any atom is -0.656 e. The van der Waals surface area contributed by atoms with E-state index in [1.54, 1.807) is 0 Å². The Morgan fingerprint density at radius 2 is 0.829 bits per heavy atom. The Morgan fingerprint density at radius 1 is 0.463 bits per heavy atom. The number of rotatable bonds is 2. The number of aromatic nitrogens is 4. The minimum absolute atomic E-state index is 0. The van der Waals surface area contributed by atoms with Crippen LogP contribution in [-0.2, 0) is 17.1 Å². The molecule has 41 heavy (non-hydrogen) atoms. The van der Waals surface area contributed by atoms with Crippen LogP contribution in [0.5, 0.6) is 0 Å². The maximum atomic E-state index is 6.05. The van der Waals surface area contributed by atoms with Crippen LogP contribution < -0.4 is 9.97 Å². The second-order valence-corrected chi connectivity index (χ2v) is 9.38. The number of terminal acetylenes is 2. The molecular formula is C36H20CuN4. The molecule has 0 amide bonds. The number of hydrogen-bond acceptors (Lipinski definition) is 2. The van der Waals surface area contributed by atoms with Crippen LogP contribution in [0.3, 0.4) is 0 Å². The molecule has 195 valence electrons. The molecule has 2 aromatic carbocycles. The second-order valence-electron chi connectivity index (χ2n) is 9.38. The summed E-state index contributed by atoms with van der Waals surface area (Å²) < 4.78 is 0. The molecule has 2 aliphatic rings. The smallest absolute Gasteiger partial charge is 0.656 e. The third kappa shape index (κ3) is 4.50. The first-order valence-corrected chi connectivity index (χ1v) is 12.8. The van der Waals surface area contributed by atoms with Crippen molar-refractivity contribution in [3.8, 4) is 46.9 Å². The summed E-state index contributed by atoms with van der Waals surface area (Å²) in [6.45, 7) is 0. The molecule has 1 radical (unpaired) electrons. The van der Waals surface area contributed by atoms with Crippen LogP contribution in [-0.4, -0.2) is 9.97 Å². The zero-order valence-corrected chi connectivity index (χ0v) is 22.6. The van der Waals surface area contributed by atoms with Crippen molar-refractivity contribution in [3.63, 3.8) is 0 Å². The van der Waals surface area contributed by atoms with Crippen molar-refractivity contribution in [1.82, 2.24) is 19.9 Å². The van der Waals surface area contributed by atoms with Gasteiger partial charge in [-0.05, 0) is 46.6 Å². The zero-order valence-electron chi connectivity index (χ0n) is 21.6. The molecule has 0 saturated carbocycles. The van der Waals surface area contributed by atoms with Crippen molar-refractivity contribution < 1.29 is 17.1 Å². The monoisotopic (exact) mass is 571 g/mol. The van der Waals surface area contributed by atoms with Gasteiger partial charge in [0.1, 0.15) is 0 Å². The maximum Gasteiger partial charge on any atom is 2.00 e. The van der Waals surface area contributed by atoms with Crippen LogP contribution in [0.1, 0.15) is 33.9 Å². The third-order valence-corrected chi connectivity index (χ3v) is 7.02. The SMILES string of the molecule is C#Cc1c2nc(c(-c3ccccc3)c3ccc([n-]3)c(C#C)c3nc(c(-c4ccccc4)c4ccc1[n-]4)C=C3)C=C2.[Cu+2]. The first kappa shape index (κ1) is 25.9. The molecule has 5 aromatic rings. The number of benzene rings is 2. The average molecular weight is 572 g/mol. The standard InChI is InChI=1S/C36H20N4.Cu/c1-3-25-27-15-19-31(37-27)35(23-11-7-5-8-12-23)33-21-17-29(39-33)26(4-2)30-18-22-34(40-30)36(24-13-9-6-10-14-24)32-20-16-28(25)38-32;/h1-2,5-22H;/q-2;+2. The molecule has 2 aliphatic heterocycles. The van der Waals surface area contributed by atoms with Gasteiger partial charge in [0.25, 0.3) is 0 Å². The van der Waals surface area contributed by atoms with E-state index in [9.17, 15) is 0 Å². The van der Waals surface area contributed by atoms with E-state index in [-0.39, 0.29) is 17.1 Å². The Kier molecular flexibility index (Phi) is 6.76. The zero-order chi connectivity index (χ0) is 27.1. The van der Waals surface area contributed by atoms with E-state index in [2.05, 4.69) is 11.8 Å². The van der Waals surface area contributed by atoms with Crippen LogP contribution in [0.4, 0.5) is 0 Å². The predicted molar refractivity (Wildman–Crippen MR) is 164 cm³/mol. The fraction of sp³-hybridized carbons (Fsp3) is 0. The van der Waals surface area contributed by atoms with Crippen LogP contribution >= 0.6 is 0 Å². The fourth-order valence-electron chi connectivity index (χ4n) is 5.18. The molecule has 8 bridgehead atoms. The van der Waals surface area contributed by atoms with E-state index in [0.29, 0.717) is 33.5 Å². The fourth-order valence-corrected chi connectivity index (χ4v) is 5.18. The summed E-state index contributed by atoms with van der Waals surface area (Å²) >= 11 is 0. The molecule has 0 fully saturated rings. The van der Waals surface area contributed by atoms with Gasteiger partial charge in [0.15, 0.2) is 0 Å². The normalized spacial score (nSPS) is 11.5. The summed E-state index contributed by atoms with van der Waals surface area (Å²) in [4.78, 5) is 19.9. The molecule has 7 rings (SSSR count). The molecule has 4 nitrogen and oxygen atoms in total. The topological polar surface area (TPSA) is 54.0 Å². The van der Waals surface area contributed by atoms with Crippen molar-refractivity contribution in [2.45, 2.75) is 0 Å². The van der Waals surface area contributed by atoms with Crippen molar-refractivity contribution in [1.29, 1.82) is 0 Å². The molecule has 0 N–H and O–H groups in total. The Balaban J connectivity index is 0.00000302. The molecule has 0 aliphatic carbocycles. The predicted octanol–water partition coefficient (Wildman–Crippen LogP) is 7.21. The van der Waals surface area contributed by atoms with Gasteiger partial charge in [-0.25, -0.2) is 9.97 Å². The Hall–Kier alpha value is -5.32. The van der Waals surface area contributed by atoms with Crippen LogP contribution in [0, 0.1) is 24.7 Å². The Morgan fingerprint density at radius 3 is 1.22 bits per heavy atom. The quantitative estimate of drug-likeness (QED) is 0.162. The van der Waals surface area contributed by atoms with Gasteiger partial charge < -0.3 is 9.97 Å². The molecule has 3 aromatic heterocycles. The van der Waals surface area contributed by atoms with Gasteiger partial charge in [-0.1, -0.05) is 96.8 Å². The molecule has 5 heterocycles. The van der Waals surface area contributed by atoms with Gasteiger partial charge in [-0.3, -0.25) is 0 Å². The van der Waals surface area contributed by atoms with E-state index in [1.807, 2.05) is 109 Å². The summed E-state index contributed by atoms with van der Waals surface area (Å²) in [5, 5.41) is 0. The Bertz CT molecular complexity index is 1960. The van der Waals surface area contributed by atoms with Crippen molar-refractivity contribution >= 4 is 46.4 Å². The molecule has 0 unspecified atom stereocenters. The molecule has 0 spiro atoms. The van der Waals surface area contributed by atoms with Gasteiger partial charge in [-0.2, -0.15) is 0 Å². The van der Waals surface area contributed by atoms with Crippen LogP contribution in [0.2, 0.25) is 0 Å². The van der Waals surface area contributed by atoms with Crippen molar-refractivity contribution in [2.24, 2.45) is 0 Å². The van der Waals surface area contributed by atoms with Crippen LogP contribution in [0.25, 0.3) is 68.6 Å². The maximum absolute atomic E-state index is 6.05. The Labute approximate surface area is 248 Å². The van der Waals surface area contributed by atoms with Gasteiger partial charge in [-0.15, -0.1) is 34.9 Å². The van der Waals surface area contributed by atoms with E-state index in [1.165, 1.54) is 0 Å². The minimum atomic E-state index is 0. The largest absolute Gasteiger partial charge is 2.00 e. The molecule has 0 atom stereocenters. The van der Waals surface area contributed by atoms with Gasteiger partial charge in [0.05, 0.1) is 22.8 Å². The van der Waals surface area contributed by atoms with Gasteiger partial charge in [0, 0.05) is 11.1 Å². The summed E-state index contributed by atoms with van der Waals surface area (Å²) in [5.41, 5.74) is 10.8. The summed E-state index contributed by atoms with van der Waals surface area (Å²) in [6, 6.07) is 28.0. The van der Waals surface area contributed by atoms with Gasteiger partial charge >= 0.3 is 17.1 Å². The summed E-state index contributed by atoms with van der Waals surface area (Å²) in [7, 11) is 0. The van der Waals surface area contributed by atoms with Crippen molar-refractivity contribution in [2.75, 3.05) is 0 Å². The van der Waals surface area contributed by atoms with E-state index >= 15 is 0 Å². The average Bonchev–Trinajstić information content (AvgIpc) is 3.81. The van der Waals surface area contributed by atoms with Crippen molar-refractivity contribution in [3.05, 3.63) is 119 Å². The van der Waals surface area contributed by atoms with E-state index in [4.69, 9.17) is 32.8 Å². The number of nitrogens with zero attached hydrogens (tertiary/aromatic N) is 4. The molecule has 0 saturated heterocycles. The first-order valence-electron chi connectivity index (χ1n) is 12.8. The molecular weight excluding hydrogens is 552 g/mol. The first-order chi connectivity index (χ1) is 19.7. The third-order valence-electron chi connectivity index (χ3n) is 7.02. The van der Waals surface area contributed by atoms with Gasteiger partial charge in [0.2, 0.25) is 0 Å². The number of fused-ring (bicyclic) bond motifs is 8. The van der Waals surface area contributed by atoms with Crippen LogP contribution in [0.15, 0.2) is 84.9 Å². The van der Waals surface area contributed by atoms with E-state index in [0.717, 1.165) is 44.7 Å².